The predicted octanol–water partition coefficient (Wildman–Crippen LogP) is 6.23. The summed E-state index contributed by atoms with van der Waals surface area (Å²) in [5, 5.41) is 4.26. The Balaban J connectivity index is 2.19. The summed E-state index contributed by atoms with van der Waals surface area (Å²) >= 11 is 9.70. The van der Waals surface area contributed by atoms with Crippen molar-refractivity contribution in [3.05, 3.63) is 63.1 Å². The first-order valence-electron chi connectivity index (χ1n) is 6.94. The maximum absolute atomic E-state index is 6.27. The third-order valence-electron chi connectivity index (χ3n) is 3.46. The summed E-state index contributed by atoms with van der Waals surface area (Å²) in [5.74, 6) is 0. The van der Waals surface area contributed by atoms with Gasteiger partial charge in [0.15, 0.2) is 0 Å². The lowest BCUT2D eigenvalue weighted by atomic mass is 10.0. The van der Waals surface area contributed by atoms with Crippen molar-refractivity contribution in [1.82, 2.24) is 0 Å². The highest BCUT2D eigenvalue weighted by Gasteiger charge is 2.11. The van der Waals surface area contributed by atoms with Crippen LogP contribution in [0.5, 0.6) is 0 Å². The van der Waals surface area contributed by atoms with Gasteiger partial charge >= 0.3 is 0 Å². The molecule has 0 spiro atoms. The molecule has 0 aliphatic heterocycles. The van der Waals surface area contributed by atoms with Crippen molar-refractivity contribution in [2.75, 3.05) is 5.32 Å². The number of rotatable bonds is 5. The maximum atomic E-state index is 6.27. The number of hydrogen-bond donors (Lipinski definition) is 1. The first-order valence-corrected chi connectivity index (χ1v) is 8.11. The average Bonchev–Trinajstić information content (AvgIpc) is 2.47. The van der Waals surface area contributed by atoms with Gasteiger partial charge in [-0.25, -0.2) is 0 Å². The van der Waals surface area contributed by atoms with Gasteiger partial charge in [-0.15, -0.1) is 0 Å². The van der Waals surface area contributed by atoms with Crippen molar-refractivity contribution in [3.8, 4) is 0 Å². The van der Waals surface area contributed by atoms with Crippen LogP contribution in [0, 0.1) is 0 Å². The molecule has 0 saturated heterocycles. The van der Waals surface area contributed by atoms with Gasteiger partial charge in [-0.3, -0.25) is 0 Å². The molecule has 0 bridgehead atoms. The fraction of sp³-hybridized carbons (Fsp3) is 0.294. The maximum Gasteiger partial charge on any atom is 0.0648 e. The lowest BCUT2D eigenvalue weighted by Crippen LogP contribution is -2.10. The zero-order valence-electron chi connectivity index (χ0n) is 11.8. The Hall–Kier alpha value is -0.990. The van der Waals surface area contributed by atoms with E-state index in [1.165, 1.54) is 11.1 Å². The van der Waals surface area contributed by atoms with E-state index in [0.717, 1.165) is 28.0 Å². The first-order chi connectivity index (χ1) is 9.63. The number of nitrogens with one attached hydrogen (secondary N) is 1. The Morgan fingerprint density at radius 1 is 1.10 bits per heavy atom. The first kappa shape index (κ1) is 15.4. The fourth-order valence-corrected chi connectivity index (χ4v) is 2.93. The largest absolute Gasteiger partial charge is 0.377 e. The van der Waals surface area contributed by atoms with Gasteiger partial charge < -0.3 is 5.32 Å². The van der Waals surface area contributed by atoms with Crippen molar-refractivity contribution in [3.63, 3.8) is 0 Å². The van der Waals surface area contributed by atoms with Crippen LogP contribution < -0.4 is 5.32 Å². The van der Waals surface area contributed by atoms with Gasteiger partial charge in [-0.05, 0) is 42.2 Å². The normalized spacial score (nSPS) is 12.2. The van der Waals surface area contributed by atoms with E-state index in [1.54, 1.807) is 0 Å². The SMILES string of the molecule is CCc1ccc(C(CC)Nc2ccc(Br)cc2Cl)cc1. The molecule has 3 heteroatoms. The molecule has 2 aromatic carbocycles. The third-order valence-corrected chi connectivity index (χ3v) is 4.27. The molecule has 2 aromatic rings. The molecule has 20 heavy (non-hydrogen) atoms. The topological polar surface area (TPSA) is 12.0 Å². The summed E-state index contributed by atoms with van der Waals surface area (Å²) in [4.78, 5) is 0. The number of aryl methyl sites for hydroxylation is 1. The van der Waals surface area contributed by atoms with E-state index in [9.17, 15) is 0 Å². The van der Waals surface area contributed by atoms with Crippen LogP contribution in [0.3, 0.4) is 0 Å². The van der Waals surface area contributed by atoms with Crippen LogP contribution in [-0.4, -0.2) is 0 Å². The third kappa shape index (κ3) is 3.77. The molecule has 1 nitrogen and oxygen atoms in total. The smallest absolute Gasteiger partial charge is 0.0648 e. The summed E-state index contributed by atoms with van der Waals surface area (Å²) in [6.07, 6.45) is 2.08. The minimum absolute atomic E-state index is 0.277. The molecule has 0 aliphatic carbocycles. The second-order valence-corrected chi connectivity index (χ2v) is 6.15. The van der Waals surface area contributed by atoms with Gasteiger partial charge in [0.25, 0.3) is 0 Å². The minimum atomic E-state index is 0.277. The van der Waals surface area contributed by atoms with Crippen LogP contribution in [0.4, 0.5) is 5.69 Å². The van der Waals surface area contributed by atoms with Gasteiger partial charge in [0.2, 0.25) is 0 Å². The monoisotopic (exact) mass is 351 g/mol. The van der Waals surface area contributed by atoms with E-state index >= 15 is 0 Å². The second kappa shape index (κ2) is 7.14. The van der Waals surface area contributed by atoms with Crippen molar-refractivity contribution in [2.45, 2.75) is 32.7 Å². The Kier molecular flexibility index (Phi) is 5.50. The Morgan fingerprint density at radius 3 is 2.35 bits per heavy atom. The van der Waals surface area contributed by atoms with Crippen molar-refractivity contribution >= 4 is 33.2 Å². The zero-order chi connectivity index (χ0) is 14.5. The molecule has 0 aromatic heterocycles. The second-order valence-electron chi connectivity index (χ2n) is 4.82. The molecule has 1 atom stereocenters. The molecule has 1 N–H and O–H groups in total. The number of hydrogen-bond acceptors (Lipinski definition) is 1. The molecule has 0 radical (unpaired) electrons. The number of anilines is 1. The molecule has 0 aliphatic rings. The lowest BCUT2D eigenvalue weighted by molar-refractivity contribution is 0.749. The number of benzene rings is 2. The van der Waals surface area contributed by atoms with Gasteiger partial charge in [-0.1, -0.05) is 65.6 Å². The van der Waals surface area contributed by atoms with E-state index in [-0.39, 0.29) is 6.04 Å². The summed E-state index contributed by atoms with van der Waals surface area (Å²) < 4.78 is 0.994. The fourth-order valence-electron chi connectivity index (χ4n) is 2.20. The summed E-state index contributed by atoms with van der Waals surface area (Å²) in [5.41, 5.74) is 3.63. The molecule has 106 valence electrons. The van der Waals surface area contributed by atoms with Crippen LogP contribution in [0.2, 0.25) is 5.02 Å². The summed E-state index contributed by atoms with van der Waals surface area (Å²) in [6, 6.07) is 15.0. The molecule has 0 fully saturated rings. The molecular formula is C17H19BrClN. The van der Waals surface area contributed by atoms with Crippen molar-refractivity contribution in [2.24, 2.45) is 0 Å². The van der Waals surface area contributed by atoms with E-state index < -0.39 is 0 Å². The van der Waals surface area contributed by atoms with Crippen LogP contribution in [0.25, 0.3) is 0 Å². The van der Waals surface area contributed by atoms with E-state index in [4.69, 9.17) is 11.6 Å². The predicted molar refractivity (Wildman–Crippen MR) is 91.6 cm³/mol. The highest BCUT2D eigenvalue weighted by atomic mass is 79.9. The highest BCUT2D eigenvalue weighted by Crippen LogP contribution is 2.30. The van der Waals surface area contributed by atoms with Gasteiger partial charge in [0.05, 0.1) is 16.8 Å². The lowest BCUT2D eigenvalue weighted by Gasteiger charge is -2.20. The molecule has 0 saturated carbocycles. The van der Waals surface area contributed by atoms with E-state index in [0.29, 0.717) is 0 Å². The van der Waals surface area contributed by atoms with Crippen LogP contribution in [0.15, 0.2) is 46.9 Å². The standard InChI is InChI=1S/C17H19BrClN/c1-3-12-5-7-13(8-6-12)16(4-2)20-17-10-9-14(18)11-15(17)19/h5-11,16,20H,3-4H2,1-2H3. The minimum Gasteiger partial charge on any atom is -0.377 e. The van der Waals surface area contributed by atoms with Gasteiger partial charge in [-0.2, -0.15) is 0 Å². The van der Waals surface area contributed by atoms with Crippen molar-refractivity contribution in [1.29, 1.82) is 0 Å². The van der Waals surface area contributed by atoms with Crippen LogP contribution >= 0.6 is 27.5 Å². The molecule has 0 amide bonds. The Morgan fingerprint density at radius 2 is 1.80 bits per heavy atom. The average molecular weight is 353 g/mol. The Labute approximate surface area is 134 Å². The molecule has 0 heterocycles. The summed E-state index contributed by atoms with van der Waals surface area (Å²) in [7, 11) is 0. The van der Waals surface area contributed by atoms with Gasteiger partial charge in [0, 0.05) is 4.47 Å². The van der Waals surface area contributed by atoms with E-state index in [1.807, 2.05) is 18.2 Å². The van der Waals surface area contributed by atoms with Crippen LogP contribution in [0.1, 0.15) is 37.4 Å². The van der Waals surface area contributed by atoms with Crippen molar-refractivity contribution < 1.29 is 0 Å². The number of halogens is 2. The van der Waals surface area contributed by atoms with Gasteiger partial charge in [0.1, 0.15) is 0 Å². The zero-order valence-corrected chi connectivity index (χ0v) is 14.1. The molecule has 2 rings (SSSR count). The summed E-state index contributed by atoms with van der Waals surface area (Å²) in [6.45, 7) is 4.35. The molecule has 1 unspecified atom stereocenters. The molecular weight excluding hydrogens is 334 g/mol. The highest BCUT2D eigenvalue weighted by molar-refractivity contribution is 9.10. The van der Waals surface area contributed by atoms with E-state index in [2.05, 4.69) is 59.4 Å². The quantitative estimate of drug-likeness (QED) is 0.672. The van der Waals surface area contributed by atoms with Crippen LogP contribution in [-0.2, 0) is 6.42 Å². The Bertz CT molecular complexity index is 566.